The monoisotopic (exact) mass is 414 g/mol. The summed E-state index contributed by atoms with van der Waals surface area (Å²) in [6, 6.07) is 21.7. The number of nitrogens with one attached hydrogen (secondary N) is 2. The van der Waals surface area contributed by atoms with Gasteiger partial charge in [-0.3, -0.25) is 14.6 Å². The molecule has 2 N–H and O–H groups in total. The lowest BCUT2D eigenvalue weighted by Crippen LogP contribution is -2.23. The van der Waals surface area contributed by atoms with Gasteiger partial charge in [0, 0.05) is 44.5 Å². The molecule has 2 heterocycles. The highest BCUT2D eigenvalue weighted by Gasteiger charge is 2.19. The van der Waals surface area contributed by atoms with Crippen molar-refractivity contribution in [2.24, 2.45) is 0 Å². The molecule has 2 amide bonds. The van der Waals surface area contributed by atoms with E-state index >= 15 is 0 Å². The van der Waals surface area contributed by atoms with Gasteiger partial charge in [0.2, 0.25) is 5.91 Å². The third-order valence-corrected chi connectivity index (χ3v) is 5.35. The molecule has 0 aliphatic carbocycles. The number of hydrogen-bond acceptors (Lipinski definition) is 4. The Bertz CT molecular complexity index is 1030. The smallest absolute Gasteiger partial charge is 0.270 e. The van der Waals surface area contributed by atoms with Crippen molar-refractivity contribution in [2.75, 3.05) is 11.9 Å². The second kappa shape index (κ2) is 9.89. The van der Waals surface area contributed by atoms with Gasteiger partial charge >= 0.3 is 0 Å². The molecular formula is C25H26N4O2. The fourth-order valence-electron chi connectivity index (χ4n) is 3.59. The Labute approximate surface area is 182 Å². The Morgan fingerprint density at radius 1 is 0.935 bits per heavy atom. The molecule has 0 atom stereocenters. The average Bonchev–Trinajstić information content (AvgIpc) is 3.22. The summed E-state index contributed by atoms with van der Waals surface area (Å²) < 4.78 is 0. The largest absolute Gasteiger partial charge is 0.381 e. The van der Waals surface area contributed by atoms with Crippen LogP contribution < -0.4 is 10.6 Å². The van der Waals surface area contributed by atoms with Gasteiger partial charge in [0.25, 0.3) is 5.91 Å². The van der Waals surface area contributed by atoms with Crippen LogP contribution in [0.5, 0.6) is 0 Å². The third kappa shape index (κ3) is 5.69. The van der Waals surface area contributed by atoms with Gasteiger partial charge in [-0.1, -0.05) is 54.6 Å². The molecule has 1 saturated heterocycles. The van der Waals surface area contributed by atoms with Gasteiger partial charge in [0.1, 0.15) is 5.69 Å². The normalized spacial score (nSPS) is 13.3. The quantitative estimate of drug-likeness (QED) is 0.589. The van der Waals surface area contributed by atoms with E-state index in [9.17, 15) is 9.59 Å². The van der Waals surface area contributed by atoms with E-state index in [1.165, 1.54) is 0 Å². The zero-order valence-electron chi connectivity index (χ0n) is 17.4. The Morgan fingerprint density at radius 3 is 2.42 bits per heavy atom. The third-order valence-electron chi connectivity index (χ3n) is 5.35. The number of pyridine rings is 1. The number of hydrogen-bond donors (Lipinski definition) is 2. The molecule has 0 saturated carbocycles. The van der Waals surface area contributed by atoms with E-state index in [0.29, 0.717) is 31.7 Å². The Hall–Kier alpha value is -3.67. The summed E-state index contributed by atoms with van der Waals surface area (Å²) in [5.41, 5.74) is 4.53. The number of likely N-dealkylation sites (tertiary alicyclic amines) is 1. The van der Waals surface area contributed by atoms with Gasteiger partial charge in [-0.15, -0.1) is 0 Å². The van der Waals surface area contributed by atoms with Crippen LogP contribution >= 0.6 is 0 Å². The molecule has 1 aromatic heterocycles. The Kier molecular flexibility index (Phi) is 6.57. The second-order valence-electron chi connectivity index (χ2n) is 7.69. The Balaban J connectivity index is 1.29. The summed E-state index contributed by atoms with van der Waals surface area (Å²) in [5, 5.41) is 6.24. The van der Waals surface area contributed by atoms with Gasteiger partial charge in [0.15, 0.2) is 0 Å². The molecule has 0 bridgehead atoms. The number of amides is 2. The minimum absolute atomic E-state index is 0.201. The highest BCUT2D eigenvalue weighted by Crippen LogP contribution is 2.16. The van der Waals surface area contributed by atoms with Crippen molar-refractivity contribution < 1.29 is 9.59 Å². The molecule has 2 aromatic carbocycles. The minimum atomic E-state index is -0.201. The first-order valence-electron chi connectivity index (χ1n) is 10.5. The SMILES string of the molecule is O=C(NCc1ccccc1)c1cc(NCc2ccc(CN3CCCC3=O)cc2)ccn1. The lowest BCUT2D eigenvalue weighted by Gasteiger charge is -2.15. The molecule has 0 radical (unpaired) electrons. The van der Waals surface area contributed by atoms with E-state index in [-0.39, 0.29) is 11.8 Å². The summed E-state index contributed by atoms with van der Waals surface area (Å²) in [4.78, 5) is 30.3. The maximum atomic E-state index is 12.4. The molecule has 3 aromatic rings. The number of benzene rings is 2. The fourth-order valence-corrected chi connectivity index (χ4v) is 3.59. The van der Waals surface area contributed by atoms with Crippen LogP contribution in [-0.2, 0) is 24.4 Å². The number of carbonyl (C=O) groups excluding carboxylic acids is 2. The van der Waals surface area contributed by atoms with Crippen molar-refractivity contribution >= 4 is 17.5 Å². The van der Waals surface area contributed by atoms with Crippen LogP contribution in [0.3, 0.4) is 0 Å². The number of aromatic nitrogens is 1. The first-order chi connectivity index (χ1) is 15.2. The van der Waals surface area contributed by atoms with E-state index in [1.54, 1.807) is 12.3 Å². The van der Waals surface area contributed by atoms with Gasteiger partial charge < -0.3 is 15.5 Å². The molecular weight excluding hydrogens is 388 g/mol. The number of nitrogens with zero attached hydrogens (tertiary/aromatic N) is 2. The predicted octanol–water partition coefficient (Wildman–Crippen LogP) is 3.75. The summed E-state index contributed by atoms with van der Waals surface area (Å²) in [6.07, 6.45) is 3.26. The molecule has 6 nitrogen and oxygen atoms in total. The van der Waals surface area contributed by atoms with Crippen LogP contribution in [0.15, 0.2) is 72.9 Å². The maximum Gasteiger partial charge on any atom is 0.270 e. The second-order valence-corrected chi connectivity index (χ2v) is 7.69. The maximum absolute atomic E-state index is 12.4. The van der Waals surface area contributed by atoms with Crippen molar-refractivity contribution in [2.45, 2.75) is 32.5 Å². The van der Waals surface area contributed by atoms with Crippen LogP contribution in [0.1, 0.15) is 40.0 Å². The molecule has 1 aliphatic rings. The molecule has 6 heteroatoms. The molecule has 1 fully saturated rings. The van der Waals surface area contributed by atoms with Crippen molar-refractivity contribution in [1.29, 1.82) is 0 Å². The fraction of sp³-hybridized carbons (Fsp3) is 0.240. The Morgan fingerprint density at radius 2 is 1.68 bits per heavy atom. The predicted molar refractivity (Wildman–Crippen MR) is 120 cm³/mol. The van der Waals surface area contributed by atoms with E-state index in [4.69, 9.17) is 0 Å². The average molecular weight is 415 g/mol. The van der Waals surface area contributed by atoms with E-state index < -0.39 is 0 Å². The molecule has 4 rings (SSSR count). The zero-order valence-corrected chi connectivity index (χ0v) is 17.4. The number of rotatable bonds is 8. The van der Waals surface area contributed by atoms with Crippen LogP contribution in [-0.4, -0.2) is 28.2 Å². The molecule has 1 aliphatic heterocycles. The molecule has 0 spiro atoms. The van der Waals surface area contributed by atoms with Crippen LogP contribution in [0.4, 0.5) is 5.69 Å². The van der Waals surface area contributed by atoms with Crippen LogP contribution in [0.2, 0.25) is 0 Å². The first-order valence-corrected chi connectivity index (χ1v) is 10.5. The number of anilines is 1. The summed E-state index contributed by atoms with van der Waals surface area (Å²) >= 11 is 0. The van der Waals surface area contributed by atoms with Gasteiger partial charge in [-0.25, -0.2) is 0 Å². The van der Waals surface area contributed by atoms with Crippen molar-refractivity contribution in [1.82, 2.24) is 15.2 Å². The highest BCUT2D eigenvalue weighted by atomic mass is 16.2. The van der Waals surface area contributed by atoms with Crippen molar-refractivity contribution in [3.8, 4) is 0 Å². The lowest BCUT2D eigenvalue weighted by molar-refractivity contribution is -0.128. The summed E-state index contributed by atoms with van der Waals surface area (Å²) in [5.74, 6) is 0.0420. The van der Waals surface area contributed by atoms with Crippen molar-refractivity contribution in [3.63, 3.8) is 0 Å². The molecule has 0 unspecified atom stereocenters. The summed E-state index contributed by atoms with van der Waals surface area (Å²) in [7, 11) is 0. The number of carbonyl (C=O) groups is 2. The van der Waals surface area contributed by atoms with Gasteiger partial charge in [0.05, 0.1) is 0 Å². The van der Waals surface area contributed by atoms with Crippen LogP contribution in [0, 0.1) is 0 Å². The highest BCUT2D eigenvalue weighted by molar-refractivity contribution is 5.93. The van der Waals surface area contributed by atoms with E-state index in [2.05, 4.69) is 39.9 Å². The van der Waals surface area contributed by atoms with Crippen LogP contribution in [0.25, 0.3) is 0 Å². The molecule has 158 valence electrons. The lowest BCUT2D eigenvalue weighted by atomic mass is 10.1. The van der Waals surface area contributed by atoms with Crippen molar-refractivity contribution in [3.05, 3.63) is 95.3 Å². The van der Waals surface area contributed by atoms with Gasteiger partial charge in [-0.2, -0.15) is 0 Å². The van der Waals surface area contributed by atoms with Gasteiger partial charge in [-0.05, 0) is 35.2 Å². The minimum Gasteiger partial charge on any atom is -0.381 e. The standard InChI is InChI=1S/C25H26N4O2/c30-24-7-4-14-29(24)18-21-10-8-20(9-11-21)16-27-22-12-13-26-23(15-22)25(31)28-17-19-5-2-1-3-6-19/h1-3,5-6,8-13,15H,4,7,14,16-18H2,(H,26,27)(H,28,31). The zero-order chi connectivity index (χ0) is 21.5. The first kappa shape index (κ1) is 20.6. The molecule has 31 heavy (non-hydrogen) atoms. The van der Waals surface area contributed by atoms with E-state index in [1.807, 2.05) is 41.3 Å². The van der Waals surface area contributed by atoms with E-state index in [0.717, 1.165) is 35.3 Å². The summed E-state index contributed by atoms with van der Waals surface area (Å²) in [6.45, 7) is 2.64. The topological polar surface area (TPSA) is 74.3 Å².